The Morgan fingerprint density at radius 3 is 2.93 bits per heavy atom. The monoisotopic (exact) mass is 247 g/mol. The first-order valence-corrected chi connectivity index (χ1v) is 6.28. The van der Waals surface area contributed by atoms with Crippen LogP contribution in [0.5, 0.6) is 0 Å². The molecule has 2 N–H and O–H groups in total. The van der Waals surface area contributed by atoms with Crippen molar-refractivity contribution in [3.63, 3.8) is 0 Å². The third-order valence-corrected chi connectivity index (χ3v) is 2.85. The van der Waals surface area contributed by atoms with Crippen molar-refractivity contribution in [3.05, 3.63) is 3.95 Å². The largest absolute Gasteiger partial charge is 0.380 e. The Morgan fingerprint density at radius 1 is 1.53 bits per heavy atom. The summed E-state index contributed by atoms with van der Waals surface area (Å²) in [6.45, 7) is 6.69. The number of hydrogen-bond donors (Lipinski definition) is 2. The van der Waals surface area contributed by atoms with Gasteiger partial charge in [-0.15, -0.1) is 5.10 Å². The number of nitrogens with zero attached hydrogens (tertiary/aromatic N) is 1. The summed E-state index contributed by atoms with van der Waals surface area (Å²) in [4.78, 5) is 0. The van der Waals surface area contributed by atoms with Gasteiger partial charge in [-0.05, 0) is 24.6 Å². The Bertz CT molecular complexity index is 321. The van der Waals surface area contributed by atoms with Crippen LogP contribution in [-0.4, -0.2) is 30.0 Å². The van der Waals surface area contributed by atoms with Gasteiger partial charge in [0.15, 0.2) is 3.95 Å². The molecule has 6 heteroatoms. The predicted octanol–water partition coefficient (Wildman–Crippen LogP) is 2.68. The third-order valence-electron chi connectivity index (χ3n) is 1.80. The molecule has 4 nitrogen and oxygen atoms in total. The molecule has 0 amide bonds. The number of anilines is 1. The third kappa shape index (κ3) is 5.86. The van der Waals surface area contributed by atoms with Gasteiger partial charge < -0.3 is 10.1 Å². The number of hydrogen-bond acceptors (Lipinski definition) is 5. The summed E-state index contributed by atoms with van der Waals surface area (Å²) >= 11 is 6.35. The van der Waals surface area contributed by atoms with E-state index in [-0.39, 0.29) is 0 Å². The summed E-state index contributed by atoms with van der Waals surface area (Å²) in [5, 5.41) is 10.7. The van der Waals surface area contributed by atoms with Crippen LogP contribution in [0.1, 0.15) is 20.3 Å². The van der Waals surface area contributed by atoms with Crippen molar-refractivity contribution >= 4 is 28.7 Å². The minimum Gasteiger partial charge on any atom is -0.380 e. The van der Waals surface area contributed by atoms with E-state index >= 15 is 0 Å². The fraction of sp³-hybridized carbons (Fsp3) is 0.778. The summed E-state index contributed by atoms with van der Waals surface area (Å²) in [6.07, 6.45) is 1.11. The van der Waals surface area contributed by atoms with Crippen LogP contribution in [-0.2, 0) is 4.74 Å². The maximum Gasteiger partial charge on any atom is 0.204 e. The standard InChI is InChI=1S/C9H17N3OS2/c1-7(2)3-5-13-6-4-10-8-11-12-9(14)15-8/h7H,3-6H2,1-2H3,(H,10,11)(H,12,14). The summed E-state index contributed by atoms with van der Waals surface area (Å²) < 4.78 is 6.14. The van der Waals surface area contributed by atoms with Crippen LogP contribution in [0.2, 0.25) is 0 Å². The summed E-state index contributed by atoms with van der Waals surface area (Å²) in [7, 11) is 0. The highest BCUT2D eigenvalue weighted by Crippen LogP contribution is 2.09. The lowest BCUT2D eigenvalue weighted by molar-refractivity contribution is 0.132. The summed E-state index contributed by atoms with van der Waals surface area (Å²) in [6, 6.07) is 0. The Labute approximate surface area is 99.1 Å². The first-order valence-electron chi connectivity index (χ1n) is 5.05. The number of H-pyrrole nitrogens is 1. The first-order chi connectivity index (χ1) is 7.18. The van der Waals surface area contributed by atoms with Crippen LogP contribution in [0.15, 0.2) is 0 Å². The highest BCUT2D eigenvalue weighted by molar-refractivity contribution is 7.73. The van der Waals surface area contributed by atoms with Crippen molar-refractivity contribution in [2.45, 2.75) is 20.3 Å². The SMILES string of the molecule is CC(C)CCOCCNc1n[nH]c(=S)s1. The zero-order valence-corrected chi connectivity index (χ0v) is 10.7. The maximum atomic E-state index is 5.45. The lowest BCUT2D eigenvalue weighted by Gasteiger charge is -2.06. The molecule has 1 aromatic rings. The topological polar surface area (TPSA) is 49.9 Å². The molecular weight excluding hydrogens is 230 g/mol. The number of ether oxygens (including phenoxy) is 1. The van der Waals surface area contributed by atoms with E-state index in [0.717, 1.165) is 24.7 Å². The maximum absolute atomic E-state index is 5.45. The molecule has 0 saturated carbocycles. The van der Waals surface area contributed by atoms with Crippen LogP contribution in [0, 0.1) is 9.87 Å². The van der Waals surface area contributed by atoms with Crippen LogP contribution < -0.4 is 5.32 Å². The molecule has 1 rings (SSSR count). The molecule has 0 bridgehead atoms. The van der Waals surface area contributed by atoms with E-state index in [1.807, 2.05) is 0 Å². The lowest BCUT2D eigenvalue weighted by Crippen LogP contribution is -2.10. The average Bonchev–Trinajstić information content (AvgIpc) is 2.57. The summed E-state index contributed by atoms with van der Waals surface area (Å²) in [5.74, 6) is 0.703. The van der Waals surface area contributed by atoms with Gasteiger partial charge >= 0.3 is 0 Å². The molecule has 0 saturated heterocycles. The molecule has 15 heavy (non-hydrogen) atoms. The van der Waals surface area contributed by atoms with Gasteiger partial charge in [-0.3, -0.25) is 5.10 Å². The zero-order valence-electron chi connectivity index (χ0n) is 9.08. The van der Waals surface area contributed by atoms with Gasteiger partial charge in [0.1, 0.15) is 0 Å². The van der Waals surface area contributed by atoms with Crippen molar-refractivity contribution in [1.82, 2.24) is 10.2 Å². The molecule has 1 aromatic heterocycles. The second kappa shape index (κ2) is 6.92. The van der Waals surface area contributed by atoms with E-state index < -0.39 is 0 Å². The fourth-order valence-electron chi connectivity index (χ4n) is 0.957. The molecule has 0 aliphatic rings. The zero-order chi connectivity index (χ0) is 11.1. The molecule has 0 aliphatic carbocycles. The van der Waals surface area contributed by atoms with E-state index in [0.29, 0.717) is 16.5 Å². The second-order valence-electron chi connectivity index (χ2n) is 3.64. The van der Waals surface area contributed by atoms with Crippen LogP contribution in [0.3, 0.4) is 0 Å². The van der Waals surface area contributed by atoms with Crippen molar-refractivity contribution in [2.75, 3.05) is 25.1 Å². The van der Waals surface area contributed by atoms with Crippen molar-refractivity contribution in [1.29, 1.82) is 0 Å². The predicted molar refractivity (Wildman–Crippen MR) is 66.1 cm³/mol. The minimum absolute atomic E-state index is 0.693. The van der Waals surface area contributed by atoms with Gasteiger partial charge in [0, 0.05) is 13.2 Å². The Kier molecular flexibility index (Phi) is 5.82. The Morgan fingerprint density at radius 2 is 2.33 bits per heavy atom. The quantitative estimate of drug-likeness (QED) is 0.574. The normalized spacial score (nSPS) is 10.9. The van der Waals surface area contributed by atoms with E-state index in [4.69, 9.17) is 17.0 Å². The van der Waals surface area contributed by atoms with E-state index in [9.17, 15) is 0 Å². The van der Waals surface area contributed by atoms with Gasteiger partial charge in [0.05, 0.1) is 6.61 Å². The van der Waals surface area contributed by atoms with Gasteiger partial charge in [0.2, 0.25) is 5.13 Å². The lowest BCUT2D eigenvalue weighted by atomic mass is 10.1. The smallest absolute Gasteiger partial charge is 0.204 e. The Hall–Kier alpha value is -0.460. The minimum atomic E-state index is 0.693. The van der Waals surface area contributed by atoms with Gasteiger partial charge in [-0.25, -0.2) is 0 Å². The van der Waals surface area contributed by atoms with E-state index in [2.05, 4.69) is 29.4 Å². The molecule has 0 aromatic carbocycles. The molecule has 86 valence electrons. The molecule has 0 spiro atoms. The molecule has 0 fully saturated rings. The number of rotatable bonds is 7. The Balaban J connectivity index is 2.00. The number of aromatic amines is 1. The highest BCUT2D eigenvalue weighted by Gasteiger charge is 1.96. The summed E-state index contributed by atoms with van der Waals surface area (Å²) in [5.41, 5.74) is 0. The van der Waals surface area contributed by atoms with Crippen LogP contribution in [0.25, 0.3) is 0 Å². The molecule has 0 aliphatic heterocycles. The van der Waals surface area contributed by atoms with Crippen molar-refractivity contribution < 1.29 is 4.74 Å². The van der Waals surface area contributed by atoms with Crippen LogP contribution >= 0.6 is 23.6 Å². The molecule has 1 heterocycles. The van der Waals surface area contributed by atoms with Crippen molar-refractivity contribution in [3.8, 4) is 0 Å². The molecular formula is C9H17N3OS2. The molecule has 0 atom stereocenters. The second-order valence-corrected chi connectivity index (χ2v) is 5.31. The van der Waals surface area contributed by atoms with Gasteiger partial charge in [-0.2, -0.15) is 0 Å². The van der Waals surface area contributed by atoms with Gasteiger partial charge in [0.25, 0.3) is 0 Å². The first kappa shape index (κ1) is 12.6. The van der Waals surface area contributed by atoms with E-state index in [1.165, 1.54) is 11.3 Å². The fourth-order valence-corrected chi connectivity index (χ4v) is 1.77. The number of aromatic nitrogens is 2. The molecule has 0 unspecified atom stereocenters. The highest BCUT2D eigenvalue weighted by atomic mass is 32.1. The van der Waals surface area contributed by atoms with Gasteiger partial charge in [-0.1, -0.05) is 25.2 Å². The van der Waals surface area contributed by atoms with Crippen LogP contribution in [0.4, 0.5) is 5.13 Å². The number of nitrogens with one attached hydrogen (secondary N) is 2. The van der Waals surface area contributed by atoms with Crippen molar-refractivity contribution in [2.24, 2.45) is 5.92 Å². The average molecular weight is 247 g/mol. The molecule has 0 radical (unpaired) electrons. The van der Waals surface area contributed by atoms with E-state index in [1.54, 1.807) is 0 Å².